The maximum absolute atomic E-state index is 5.07. The predicted octanol–water partition coefficient (Wildman–Crippen LogP) is 2.33. The summed E-state index contributed by atoms with van der Waals surface area (Å²) in [5.74, 6) is 0.538. The largest absolute Gasteiger partial charge is 0.371 e. The fourth-order valence-corrected chi connectivity index (χ4v) is 0.572. The summed E-state index contributed by atoms with van der Waals surface area (Å²) < 4.78 is 5.07. The van der Waals surface area contributed by atoms with Gasteiger partial charge < -0.3 is 4.74 Å². The van der Waals surface area contributed by atoms with Gasteiger partial charge in [-0.2, -0.15) is 12.6 Å². The van der Waals surface area contributed by atoms with E-state index in [0.717, 1.165) is 13.0 Å². The average molecular weight is 148 g/mol. The Morgan fingerprint density at radius 2 is 1.89 bits per heavy atom. The molecule has 56 valence electrons. The van der Waals surface area contributed by atoms with Gasteiger partial charge in [-0.1, -0.05) is 20.8 Å². The van der Waals surface area contributed by atoms with Crippen LogP contribution < -0.4 is 0 Å². The zero-order valence-electron chi connectivity index (χ0n) is 6.48. The average Bonchev–Trinajstić information content (AvgIpc) is 1.63. The Balaban J connectivity index is 3.07. The third-order valence-corrected chi connectivity index (χ3v) is 1.27. The summed E-state index contributed by atoms with van der Waals surface area (Å²) >= 11 is 3.93. The fraction of sp³-hybridized carbons (Fsp3) is 1.00. The van der Waals surface area contributed by atoms with Crippen molar-refractivity contribution < 1.29 is 4.74 Å². The highest BCUT2D eigenvalue weighted by Gasteiger charge is 2.08. The summed E-state index contributed by atoms with van der Waals surface area (Å²) in [5.41, 5.74) is 0.392. The molecule has 0 fully saturated rings. The molecule has 0 aromatic heterocycles. The topological polar surface area (TPSA) is 9.23 Å². The van der Waals surface area contributed by atoms with Gasteiger partial charge in [0, 0.05) is 6.61 Å². The van der Waals surface area contributed by atoms with Crippen LogP contribution in [0.2, 0.25) is 0 Å². The van der Waals surface area contributed by atoms with E-state index in [1.165, 1.54) is 0 Å². The lowest BCUT2D eigenvalue weighted by atomic mass is 9.93. The molecule has 0 saturated heterocycles. The van der Waals surface area contributed by atoms with Crippen LogP contribution in [0.5, 0.6) is 0 Å². The van der Waals surface area contributed by atoms with Crippen LogP contribution in [0.4, 0.5) is 0 Å². The molecule has 9 heavy (non-hydrogen) atoms. The molecule has 0 aromatic carbocycles. The van der Waals surface area contributed by atoms with Crippen molar-refractivity contribution in [2.45, 2.75) is 27.2 Å². The molecule has 0 N–H and O–H groups in total. The highest BCUT2D eigenvalue weighted by atomic mass is 32.1. The lowest BCUT2D eigenvalue weighted by Gasteiger charge is -2.16. The second kappa shape index (κ2) is 4.18. The number of hydrogen-bond acceptors (Lipinski definition) is 2. The quantitative estimate of drug-likeness (QED) is 0.367. The van der Waals surface area contributed by atoms with Crippen LogP contribution in [0.15, 0.2) is 0 Å². The monoisotopic (exact) mass is 148 g/mol. The molecule has 0 unspecified atom stereocenters. The van der Waals surface area contributed by atoms with E-state index in [0.29, 0.717) is 11.4 Å². The molecule has 0 aliphatic rings. The summed E-state index contributed by atoms with van der Waals surface area (Å²) in [6, 6.07) is 0. The number of rotatable bonds is 3. The zero-order valence-corrected chi connectivity index (χ0v) is 7.37. The fourth-order valence-electron chi connectivity index (χ4n) is 0.443. The summed E-state index contributed by atoms with van der Waals surface area (Å²) in [7, 11) is 0. The van der Waals surface area contributed by atoms with Gasteiger partial charge in [0.25, 0.3) is 0 Å². The van der Waals surface area contributed by atoms with Crippen molar-refractivity contribution in [2.75, 3.05) is 12.5 Å². The van der Waals surface area contributed by atoms with Crippen molar-refractivity contribution in [1.29, 1.82) is 0 Å². The Morgan fingerprint density at radius 1 is 1.33 bits per heavy atom. The Kier molecular flexibility index (Phi) is 4.32. The zero-order chi connectivity index (χ0) is 7.33. The Hall–Kier alpha value is 0.310. The molecule has 2 heteroatoms. The summed E-state index contributed by atoms with van der Waals surface area (Å²) in [6.45, 7) is 7.44. The normalized spacial score (nSPS) is 12.0. The number of thiol groups is 1. The molecule has 0 aromatic rings. The summed E-state index contributed by atoms with van der Waals surface area (Å²) in [6.07, 6.45) is 1.10. The van der Waals surface area contributed by atoms with Crippen LogP contribution in [-0.4, -0.2) is 12.5 Å². The molecule has 0 spiro atoms. The highest BCUT2D eigenvalue weighted by Crippen LogP contribution is 2.17. The third-order valence-electron chi connectivity index (χ3n) is 1.09. The lowest BCUT2D eigenvalue weighted by molar-refractivity contribution is 0.148. The van der Waals surface area contributed by atoms with Crippen molar-refractivity contribution in [3.05, 3.63) is 0 Å². The van der Waals surface area contributed by atoms with Crippen molar-refractivity contribution in [2.24, 2.45) is 5.41 Å². The van der Waals surface area contributed by atoms with E-state index in [2.05, 4.69) is 33.4 Å². The van der Waals surface area contributed by atoms with Gasteiger partial charge in [-0.25, -0.2) is 0 Å². The van der Waals surface area contributed by atoms with Crippen molar-refractivity contribution in [3.63, 3.8) is 0 Å². The van der Waals surface area contributed by atoms with E-state index in [4.69, 9.17) is 4.74 Å². The maximum atomic E-state index is 5.07. The number of ether oxygens (including phenoxy) is 1. The smallest absolute Gasteiger partial charge is 0.0892 e. The van der Waals surface area contributed by atoms with Gasteiger partial charge in [0.15, 0.2) is 0 Å². The first-order valence-electron chi connectivity index (χ1n) is 3.25. The van der Waals surface area contributed by atoms with E-state index in [1.807, 2.05) is 0 Å². The molecule has 0 saturated carbocycles. The number of hydrogen-bond donors (Lipinski definition) is 1. The van der Waals surface area contributed by atoms with Crippen LogP contribution in [0.1, 0.15) is 27.2 Å². The van der Waals surface area contributed by atoms with Crippen molar-refractivity contribution in [1.82, 2.24) is 0 Å². The van der Waals surface area contributed by atoms with E-state index < -0.39 is 0 Å². The summed E-state index contributed by atoms with van der Waals surface area (Å²) in [4.78, 5) is 0. The Morgan fingerprint density at radius 3 is 2.22 bits per heavy atom. The molecule has 0 atom stereocenters. The Bertz CT molecular complexity index is 65.8. The molecule has 0 aliphatic carbocycles. The van der Waals surface area contributed by atoms with Gasteiger partial charge in [-0.3, -0.25) is 0 Å². The SMILES string of the molecule is CC(C)(C)CCOCS. The van der Waals surface area contributed by atoms with E-state index in [9.17, 15) is 0 Å². The van der Waals surface area contributed by atoms with Crippen molar-refractivity contribution >= 4 is 12.6 Å². The van der Waals surface area contributed by atoms with Gasteiger partial charge in [-0.15, -0.1) is 0 Å². The van der Waals surface area contributed by atoms with Crippen LogP contribution in [0, 0.1) is 5.41 Å². The van der Waals surface area contributed by atoms with E-state index in [1.54, 1.807) is 0 Å². The van der Waals surface area contributed by atoms with Crippen LogP contribution in [0.25, 0.3) is 0 Å². The third kappa shape index (κ3) is 8.31. The van der Waals surface area contributed by atoms with Gasteiger partial charge in [-0.05, 0) is 11.8 Å². The van der Waals surface area contributed by atoms with E-state index >= 15 is 0 Å². The highest BCUT2D eigenvalue weighted by molar-refractivity contribution is 7.80. The van der Waals surface area contributed by atoms with Crippen molar-refractivity contribution in [3.8, 4) is 0 Å². The molecule has 0 radical (unpaired) electrons. The first-order chi connectivity index (χ1) is 4.06. The summed E-state index contributed by atoms with van der Waals surface area (Å²) in [5, 5.41) is 0. The molecular formula is C7H16OS. The van der Waals surface area contributed by atoms with Gasteiger partial charge in [0.05, 0.1) is 5.94 Å². The molecule has 0 heterocycles. The minimum atomic E-state index is 0.392. The van der Waals surface area contributed by atoms with Crippen LogP contribution in [-0.2, 0) is 4.74 Å². The lowest BCUT2D eigenvalue weighted by Crippen LogP contribution is -2.08. The second-order valence-corrected chi connectivity index (χ2v) is 3.61. The first kappa shape index (κ1) is 9.31. The Labute approximate surface area is 63.2 Å². The molecule has 0 amide bonds. The minimum absolute atomic E-state index is 0.392. The molecular weight excluding hydrogens is 132 g/mol. The van der Waals surface area contributed by atoms with Gasteiger partial charge in [0.1, 0.15) is 0 Å². The standard InChI is InChI=1S/C7H16OS/c1-7(2,3)4-5-8-6-9/h9H,4-6H2,1-3H3. The molecule has 0 bridgehead atoms. The van der Waals surface area contributed by atoms with Gasteiger partial charge >= 0.3 is 0 Å². The van der Waals surface area contributed by atoms with E-state index in [-0.39, 0.29) is 0 Å². The van der Waals surface area contributed by atoms with Crippen LogP contribution in [0.3, 0.4) is 0 Å². The molecule has 1 nitrogen and oxygen atoms in total. The second-order valence-electron chi connectivity index (χ2n) is 3.35. The first-order valence-corrected chi connectivity index (χ1v) is 3.88. The molecule has 0 rings (SSSR count). The minimum Gasteiger partial charge on any atom is -0.371 e. The van der Waals surface area contributed by atoms with Crippen LogP contribution >= 0.6 is 12.6 Å². The molecule has 0 aliphatic heterocycles. The predicted molar refractivity (Wildman–Crippen MR) is 43.9 cm³/mol. The van der Waals surface area contributed by atoms with Gasteiger partial charge in [0.2, 0.25) is 0 Å². The maximum Gasteiger partial charge on any atom is 0.0892 e.